The standard InChI is InChI=1S/C16H18Cl2N4O4S/c1-11-8-15(20-26-11)19-16(23)10-21-4-6-22(7-5-21)27(24,25)12-2-3-13(17)14(18)9-12/h2-3,8-9H,4-7,10H2,1H3,(H,19,20,23). The summed E-state index contributed by atoms with van der Waals surface area (Å²) in [7, 11) is -3.66. The first-order chi connectivity index (χ1) is 12.8. The van der Waals surface area contributed by atoms with Crippen LogP contribution in [-0.2, 0) is 14.8 Å². The molecule has 2 aromatic rings. The van der Waals surface area contributed by atoms with Crippen molar-refractivity contribution in [2.24, 2.45) is 0 Å². The zero-order valence-corrected chi connectivity index (χ0v) is 16.8. The van der Waals surface area contributed by atoms with Crippen molar-refractivity contribution in [1.29, 1.82) is 0 Å². The van der Waals surface area contributed by atoms with Crippen LogP contribution < -0.4 is 5.32 Å². The Labute approximate surface area is 167 Å². The van der Waals surface area contributed by atoms with E-state index in [4.69, 9.17) is 27.7 Å². The monoisotopic (exact) mass is 432 g/mol. The van der Waals surface area contributed by atoms with Crippen LogP contribution in [0.25, 0.3) is 0 Å². The van der Waals surface area contributed by atoms with E-state index >= 15 is 0 Å². The number of aryl methyl sites for hydroxylation is 1. The minimum absolute atomic E-state index is 0.101. The second-order valence-electron chi connectivity index (χ2n) is 6.13. The smallest absolute Gasteiger partial charge is 0.243 e. The average molecular weight is 433 g/mol. The third-order valence-electron chi connectivity index (χ3n) is 4.12. The highest BCUT2D eigenvalue weighted by Crippen LogP contribution is 2.27. The van der Waals surface area contributed by atoms with E-state index in [1.54, 1.807) is 13.0 Å². The lowest BCUT2D eigenvalue weighted by Gasteiger charge is -2.33. The molecule has 0 bridgehead atoms. The number of nitrogens with one attached hydrogen (secondary N) is 1. The van der Waals surface area contributed by atoms with Gasteiger partial charge in [-0.15, -0.1) is 0 Å². The fourth-order valence-corrected chi connectivity index (χ4v) is 4.54. The highest BCUT2D eigenvalue weighted by Gasteiger charge is 2.29. The molecule has 0 unspecified atom stereocenters. The topological polar surface area (TPSA) is 95.8 Å². The largest absolute Gasteiger partial charge is 0.360 e. The van der Waals surface area contributed by atoms with E-state index in [0.717, 1.165) is 0 Å². The predicted octanol–water partition coefficient (Wildman–Crippen LogP) is 2.23. The van der Waals surface area contributed by atoms with E-state index in [1.165, 1.54) is 22.5 Å². The van der Waals surface area contributed by atoms with Crippen molar-refractivity contribution in [2.45, 2.75) is 11.8 Å². The molecular formula is C16H18Cl2N4O4S. The van der Waals surface area contributed by atoms with Gasteiger partial charge in [0.15, 0.2) is 5.82 Å². The van der Waals surface area contributed by atoms with Crippen LogP contribution in [0.4, 0.5) is 5.82 Å². The lowest BCUT2D eigenvalue weighted by atomic mass is 10.3. The summed E-state index contributed by atoms with van der Waals surface area (Å²) >= 11 is 11.8. The van der Waals surface area contributed by atoms with Crippen LogP contribution in [0.5, 0.6) is 0 Å². The van der Waals surface area contributed by atoms with E-state index in [0.29, 0.717) is 29.7 Å². The number of hydrogen-bond acceptors (Lipinski definition) is 6. The Morgan fingerprint density at radius 2 is 1.89 bits per heavy atom. The maximum atomic E-state index is 12.7. The number of carbonyl (C=O) groups excluding carboxylic acids is 1. The zero-order chi connectivity index (χ0) is 19.6. The number of carbonyl (C=O) groups is 1. The van der Waals surface area contributed by atoms with Crippen LogP contribution in [0.3, 0.4) is 0 Å². The normalized spacial score (nSPS) is 16.4. The Morgan fingerprint density at radius 3 is 2.48 bits per heavy atom. The molecule has 0 radical (unpaired) electrons. The number of piperazine rings is 1. The van der Waals surface area contributed by atoms with Crippen molar-refractivity contribution in [1.82, 2.24) is 14.4 Å². The number of amides is 1. The summed E-state index contributed by atoms with van der Waals surface area (Å²) in [5, 5.41) is 6.84. The maximum Gasteiger partial charge on any atom is 0.243 e. The van der Waals surface area contributed by atoms with Crippen molar-refractivity contribution in [3.8, 4) is 0 Å². The van der Waals surface area contributed by atoms with Crippen molar-refractivity contribution >= 4 is 45.0 Å². The van der Waals surface area contributed by atoms with E-state index in [2.05, 4.69) is 10.5 Å². The fraction of sp³-hybridized carbons (Fsp3) is 0.375. The van der Waals surface area contributed by atoms with Crippen molar-refractivity contribution < 1.29 is 17.7 Å². The van der Waals surface area contributed by atoms with Crippen molar-refractivity contribution in [3.05, 3.63) is 40.1 Å². The Bertz CT molecular complexity index is 940. The summed E-state index contributed by atoms with van der Waals surface area (Å²) in [4.78, 5) is 14.0. The second-order valence-corrected chi connectivity index (χ2v) is 8.88. The third kappa shape index (κ3) is 4.80. The number of rotatable bonds is 5. The fourth-order valence-electron chi connectivity index (χ4n) is 2.73. The Morgan fingerprint density at radius 1 is 1.19 bits per heavy atom. The van der Waals surface area contributed by atoms with Gasteiger partial charge in [0.05, 0.1) is 21.5 Å². The quantitative estimate of drug-likeness (QED) is 0.777. The molecule has 0 aliphatic carbocycles. The van der Waals surface area contributed by atoms with Gasteiger partial charge in [0.2, 0.25) is 15.9 Å². The lowest BCUT2D eigenvalue weighted by molar-refractivity contribution is -0.117. The molecule has 2 heterocycles. The number of benzene rings is 1. The van der Waals surface area contributed by atoms with Gasteiger partial charge in [-0.3, -0.25) is 9.69 Å². The SMILES string of the molecule is Cc1cc(NC(=O)CN2CCN(S(=O)(=O)c3ccc(Cl)c(Cl)c3)CC2)no1. The molecule has 0 atom stereocenters. The van der Waals surface area contributed by atoms with Crippen LogP contribution in [0.15, 0.2) is 33.7 Å². The maximum absolute atomic E-state index is 12.7. The van der Waals surface area contributed by atoms with Crippen LogP contribution in [0, 0.1) is 6.92 Å². The summed E-state index contributed by atoms with van der Waals surface area (Å²) in [5.41, 5.74) is 0. The van der Waals surface area contributed by atoms with Crippen LogP contribution in [-0.4, -0.2) is 61.4 Å². The first-order valence-electron chi connectivity index (χ1n) is 8.16. The molecule has 0 saturated carbocycles. The molecule has 3 rings (SSSR count). The molecule has 1 aliphatic rings. The molecular weight excluding hydrogens is 415 g/mol. The lowest BCUT2D eigenvalue weighted by Crippen LogP contribution is -2.50. The number of sulfonamides is 1. The van der Waals surface area contributed by atoms with Crippen molar-refractivity contribution in [2.75, 3.05) is 38.0 Å². The number of aromatic nitrogens is 1. The molecule has 1 N–H and O–H groups in total. The third-order valence-corrected chi connectivity index (χ3v) is 6.76. The summed E-state index contributed by atoms with van der Waals surface area (Å²) < 4.78 is 31.7. The van der Waals surface area contributed by atoms with E-state index in [-0.39, 0.29) is 35.5 Å². The molecule has 1 aliphatic heterocycles. The summed E-state index contributed by atoms with van der Waals surface area (Å²) in [6.45, 7) is 3.30. The number of anilines is 1. The molecule has 11 heteroatoms. The van der Waals surface area contributed by atoms with E-state index < -0.39 is 10.0 Å². The zero-order valence-electron chi connectivity index (χ0n) is 14.5. The Hall–Kier alpha value is -1.65. The highest BCUT2D eigenvalue weighted by atomic mass is 35.5. The summed E-state index contributed by atoms with van der Waals surface area (Å²) in [6.07, 6.45) is 0. The highest BCUT2D eigenvalue weighted by molar-refractivity contribution is 7.89. The van der Waals surface area contributed by atoms with Gasteiger partial charge in [-0.1, -0.05) is 28.4 Å². The van der Waals surface area contributed by atoms with E-state index in [9.17, 15) is 13.2 Å². The number of nitrogens with zero attached hydrogens (tertiary/aromatic N) is 3. The van der Waals surface area contributed by atoms with Gasteiger partial charge >= 0.3 is 0 Å². The molecule has 0 spiro atoms. The minimum atomic E-state index is -3.66. The number of hydrogen-bond donors (Lipinski definition) is 1. The van der Waals surface area contributed by atoms with Gasteiger partial charge < -0.3 is 9.84 Å². The van der Waals surface area contributed by atoms with Crippen molar-refractivity contribution in [3.63, 3.8) is 0 Å². The first-order valence-corrected chi connectivity index (χ1v) is 10.4. The molecule has 1 saturated heterocycles. The predicted molar refractivity (Wildman–Crippen MR) is 102 cm³/mol. The number of halogens is 2. The van der Waals surface area contributed by atoms with Gasteiger partial charge in [0.1, 0.15) is 5.76 Å². The Balaban J connectivity index is 1.56. The summed E-state index contributed by atoms with van der Waals surface area (Å²) in [6, 6.07) is 5.87. The van der Waals surface area contributed by atoms with Gasteiger partial charge in [-0.2, -0.15) is 4.31 Å². The molecule has 1 aromatic carbocycles. The van der Waals surface area contributed by atoms with Crippen LogP contribution in [0.1, 0.15) is 5.76 Å². The molecule has 1 aromatic heterocycles. The molecule has 27 heavy (non-hydrogen) atoms. The van der Waals surface area contributed by atoms with E-state index in [1.807, 2.05) is 4.90 Å². The molecule has 1 amide bonds. The minimum Gasteiger partial charge on any atom is -0.360 e. The first kappa shape index (κ1) is 20.1. The van der Waals surface area contributed by atoms with Gasteiger partial charge in [-0.05, 0) is 25.1 Å². The molecule has 146 valence electrons. The molecule has 8 nitrogen and oxygen atoms in total. The van der Waals surface area contributed by atoms with Gasteiger partial charge in [0.25, 0.3) is 0 Å². The Kier molecular flexibility index (Phi) is 6.07. The van der Waals surface area contributed by atoms with Crippen LogP contribution >= 0.6 is 23.2 Å². The summed E-state index contributed by atoms with van der Waals surface area (Å²) in [5.74, 6) is 0.730. The molecule has 1 fully saturated rings. The van der Waals surface area contributed by atoms with Gasteiger partial charge in [-0.25, -0.2) is 8.42 Å². The second kappa shape index (κ2) is 8.15. The van der Waals surface area contributed by atoms with Crippen LogP contribution in [0.2, 0.25) is 10.0 Å². The average Bonchev–Trinajstić information content (AvgIpc) is 3.02. The van der Waals surface area contributed by atoms with Gasteiger partial charge in [0, 0.05) is 32.2 Å².